The molecule has 0 radical (unpaired) electrons. The van der Waals surface area contributed by atoms with Crippen LogP contribution in [-0.2, 0) is 0 Å². The van der Waals surface area contributed by atoms with Gasteiger partial charge in [-0.2, -0.15) is 10.5 Å². The van der Waals surface area contributed by atoms with Crippen LogP contribution in [0.1, 0.15) is 61.1 Å². The predicted molar refractivity (Wildman–Crippen MR) is 99.1 cm³/mol. The smallest absolute Gasteiger partial charge is 0.143 e. The molecule has 2 aromatic rings. The molecule has 126 valence electrons. The molecule has 0 saturated heterocycles. The molecule has 0 bridgehead atoms. The second kappa shape index (κ2) is 8.05. The summed E-state index contributed by atoms with van der Waals surface area (Å²) >= 11 is 1.43. The first kappa shape index (κ1) is 17.3. The molecule has 1 aromatic heterocycles. The van der Waals surface area contributed by atoms with E-state index in [0.29, 0.717) is 16.2 Å². The lowest BCUT2D eigenvalue weighted by atomic mass is 9.86. The zero-order valence-electron chi connectivity index (χ0n) is 14.0. The average Bonchev–Trinajstić information content (AvgIpc) is 2.91. The number of aromatic nitrogens is 1. The third kappa shape index (κ3) is 3.78. The van der Waals surface area contributed by atoms with E-state index in [2.05, 4.69) is 17.1 Å². The summed E-state index contributed by atoms with van der Waals surface area (Å²) in [6.45, 7) is 0. The lowest BCUT2D eigenvalue weighted by Gasteiger charge is -2.20. The van der Waals surface area contributed by atoms with E-state index in [9.17, 15) is 10.5 Å². The van der Waals surface area contributed by atoms with Gasteiger partial charge in [0.15, 0.2) is 0 Å². The monoisotopic (exact) mass is 348 g/mol. The number of pyridine rings is 1. The van der Waals surface area contributed by atoms with Gasteiger partial charge in [0.25, 0.3) is 0 Å². The molecule has 3 rings (SSSR count). The Bertz CT molecular complexity index is 826. The lowest BCUT2D eigenvalue weighted by Crippen LogP contribution is -2.10. The molecule has 1 aliphatic carbocycles. The minimum absolute atomic E-state index is 0.215. The summed E-state index contributed by atoms with van der Waals surface area (Å²) in [6, 6.07) is 14.3. The Balaban J connectivity index is 2.11. The van der Waals surface area contributed by atoms with Gasteiger partial charge in [-0.15, -0.1) is 0 Å². The van der Waals surface area contributed by atoms with E-state index in [0.717, 1.165) is 36.1 Å². The van der Waals surface area contributed by atoms with E-state index in [1.807, 2.05) is 30.3 Å². The summed E-state index contributed by atoms with van der Waals surface area (Å²) in [5.74, 6) is 0.450. The van der Waals surface area contributed by atoms with Crippen LogP contribution in [0.2, 0.25) is 0 Å². The highest BCUT2D eigenvalue weighted by molar-refractivity contribution is 7.99. The van der Waals surface area contributed by atoms with Crippen LogP contribution in [0, 0.1) is 22.7 Å². The molecular weight excluding hydrogens is 328 g/mol. The van der Waals surface area contributed by atoms with Crippen molar-refractivity contribution in [3.05, 3.63) is 47.0 Å². The van der Waals surface area contributed by atoms with Crippen molar-refractivity contribution >= 4 is 17.6 Å². The van der Waals surface area contributed by atoms with Crippen molar-refractivity contribution in [3.8, 4) is 12.1 Å². The van der Waals surface area contributed by atoms with Crippen LogP contribution in [0.5, 0.6) is 0 Å². The van der Waals surface area contributed by atoms with Crippen LogP contribution >= 0.6 is 11.8 Å². The first-order valence-corrected chi connectivity index (χ1v) is 9.42. The molecule has 0 spiro atoms. The Hall–Kier alpha value is -2.50. The van der Waals surface area contributed by atoms with Crippen molar-refractivity contribution < 1.29 is 0 Å². The van der Waals surface area contributed by atoms with Crippen molar-refractivity contribution in [2.75, 3.05) is 5.73 Å². The highest BCUT2D eigenvalue weighted by atomic mass is 32.2. The van der Waals surface area contributed by atoms with Gasteiger partial charge in [-0.1, -0.05) is 55.6 Å². The van der Waals surface area contributed by atoms with Crippen molar-refractivity contribution in [1.82, 2.24) is 4.98 Å². The molecule has 1 saturated carbocycles. The van der Waals surface area contributed by atoms with Crippen LogP contribution in [0.25, 0.3) is 0 Å². The molecule has 1 aliphatic rings. The molecule has 0 atom stereocenters. The number of rotatable bonds is 3. The van der Waals surface area contributed by atoms with E-state index in [1.165, 1.54) is 24.6 Å². The molecule has 0 unspecified atom stereocenters. The highest BCUT2D eigenvalue weighted by Gasteiger charge is 2.26. The van der Waals surface area contributed by atoms with Crippen LogP contribution < -0.4 is 5.73 Å². The van der Waals surface area contributed by atoms with Gasteiger partial charge in [-0.05, 0) is 36.5 Å². The molecule has 5 heteroatoms. The van der Waals surface area contributed by atoms with Crippen LogP contribution in [-0.4, -0.2) is 4.98 Å². The first-order chi connectivity index (χ1) is 12.2. The lowest BCUT2D eigenvalue weighted by molar-refractivity contribution is 0.588. The fraction of sp³-hybridized carbons (Fsp3) is 0.350. The molecule has 1 heterocycles. The Morgan fingerprint density at radius 3 is 2.20 bits per heavy atom. The van der Waals surface area contributed by atoms with Crippen LogP contribution in [0.4, 0.5) is 5.82 Å². The summed E-state index contributed by atoms with van der Waals surface area (Å²) in [5.41, 5.74) is 7.83. The molecule has 2 N–H and O–H groups in total. The molecule has 4 nitrogen and oxygen atoms in total. The van der Waals surface area contributed by atoms with E-state index in [-0.39, 0.29) is 11.7 Å². The van der Waals surface area contributed by atoms with Gasteiger partial charge in [-0.25, -0.2) is 4.98 Å². The van der Waals surface area contributed by atoms with Crippen LogP contribution in [0.3, 0.4) is 0 Å². The minimum atomic E-state index is 0.215. The zero-order chi connectivity index (χ0) is 17.6. The second-order valence-electron chi connectivity index (χ2n) is 6.29. The number of hydrogen-bond donors (Lipinski definition) is 1. The number of nitrogens with two attached hydrogens (primary N) is 1. The second-order valence-corrected chi connectivity index (χ2v) is 7.36. The molecule has 0 amide bonds. The maximum absolute atomic E-state index is 9.84. The predicted octanol–water partition coefficient (Wildman–Crippen LogP) is 5.00. The normalized spacial score (nSPS) is 15.1. The maximum Gasteiger partial charge on any atom is 0.143 e. The fourth-order valence-corrected chi connectivity index (χ4v) is 4.39. The van der Waals surface area contributed by atoms with Gasteiger partial charge in [0.2, 0.25) is 0 Å². The van der Waals surface area contributed by atoms with E-state index >= 15 is 0 Å². The van der Waals surface area contributed by atoms with Crippen molar-refractivity contribution in [2.24, 2.45) is 0 Å². The highest BCUT2D eigenvalue weighted by Crippen LogP contribution is 2.40. The average molecular weight is 348 g/mol. The first-order valence-electron chi connectivity index (χ1n) is 8.61. The molecule has 25 heavy (non-hydrogen) atoms. The summed E-state index contributed by atoms with van der Waals surface area (Å²) < 4.78 is 0. The summed E-state index contributed by atoms with van der Waals surface area (Å²) in [7, 11) is 0. The SMILES string of the molecule is N#Cc1c(N)nc(Sc2ccccc2)c(C#N)c1C1CCCCCC1. The Labute approximate surface area is 152 Å². The van der Waals surface area contributed by atoms with E-state index in [1.54, 1.807) is 0 Å². The van der Waals surface area contributed by atoms with Crippen molar-refractivity contribution in [3.63, 3.8) is 0 Å². The quantitative estimate of drug-likeness (QED) is 0.789. The minimum Gasteiger partial charge on any atom is -0.383 e. The number of nitrogen functional groups attached to an aromatic ring is 1. The summed E-state index contributed by atoms with van der Waals surface area (Å²) in [5, 5.41) is 20.1. The topological polar surface area (TPSA) is 86.5 Å². The van der Waals surface area contributed by atoms with E-state index in [4.69, 9.17) is 5.73 Å². The van der Waals surface area contributed by atoms with Gasteiger partial charge in [0.05, 0.1) is 11.1 Å². The number of nitrogens with zero attached hydrogens (tertiary/aromatic N) is 3. The van der Waals surface area contributed by atoms with Gasteiger partial charge >= 0.3 is 0 Å². The molecule has 0 aliphatic heterocycles. The standard InChI is InChI=1S/C20H20N4S/c21-12-16-18(14-8-4-1-2-5-9-14)17(13-22)20(24-19(16)23)25-15-10-6-3-7-11-15/h3,6-7,10-11,14H,1-2,4-5,8-9H2,(H2,23,24). The van der Waals surface area contributed by atoms with Gasteiger partial charge in [-0.3, -0.25) is 0 Å². The maximum atomic E-state index is 9.84. The third-order valence-corrected chi connectivity index (χ3v) is 5.67. The van der Waals surface area contributed by atoms with Crippen molar-refractivity contribution in [2.45, 2.75) is 54.4 Å². The molecule has 1 fully saturated rings. The Morgan fingerprint density at radius 2 is 1.60 bits per heavy atom. The summed E-state index contributed by atoms with van der Waals surface area (Å²) in [6.07, 6.45) is 6.69. The number of benzene rings is 1. The van der Waals surface area contributed by atoms with Gasteiger partial charge in [0.1, 0.15) is 23.0 Å². The summed E-state index contributed by atoms with van der Waals surface area (Å²) in [4.78, 5) is 5.39. The number of anilines is 1. The largest absolute Gasteiger partial charge is 0.383 e. The Kier molecular flexibility index (Phi) is 5.58. The number of nitriles is 2. The van der Waals surface area contributed by atoms with Crippen LogP contribution in [0.15, 0.2) is 40.3 Å². The van der Waals surface area contributed by atoms with Crippen molar-refractivity contribution in [1.29, 1.82) is 10.5 Å². The third-order valence-electron chi connectivity index (χ3n) is 4.68. The molecule has 1 aromatic carbocycles. The Morgan fingerprint density at radius 1 is 0.960 bits per heavy atom. The number of hydrogen-bond acceptors (Lipinski definition) is 5. The zero-order valence-corrected chi connectivity index (χ0v) is 14.9. The van der Waals surface area contributed by atoms with Gasteiger partial charge < -0.3 is 5.73 Å². The van der Waals surface area contributed by atoms with E-state index < -0.39 is 0 Å². The van der Waals surface area contributed by atoms with Gasteiger partial charge in [0, 0.05) is 4.90 Å². The molecular formula is C20H20N4S. The fourth-order valence-electron chi connectivity index (χ4n) is 3.48.